The van der Waals surface area contributed by atoms with Gasteiger partial charge >= 0.3 is 0 Å². The van der Waals surface area contributed by atoms with Crippen LogP contribution in [0.15, 0.2) is 72.0 Å². The predicted octanol–water partition coefficient (Wildman–Crippen LogP) is 5.18. The molecule has 0 aliphatic carbocycles. The Bertz CT molecular complexity index is 1270. The minimum Gasteiger partial charge on any atom is -0.397 e. The fraction of sp³-hybridized carbons (Fsp3) is 0.276. The van der Waals surface area contributed by atoms with Gasteiger partial charge in [0.25, 0.3) is 5.91 Å². The van der Waals surface area contributed by atoms with Crippen molar-refractivity contribution in [3.63, 3.8) is 0 Å². The number of hydrogen-bond acceptors (Lipinski definition) is 6. The lowest BCUT2D eigenvalue weighted by Gasteiger charge is -2.26. The highest BCUT2D eigenvalue weighted by molar-refractivity contribution is 6.01. The summed E-state index contributed by atoms with van der Waals surface area (Å²) in [5.41, 5.74) is 9.98. The van der Waals surface area contributed by atoms with Crippen LogP contribution in [-0.2, 0) is 0 Å². The van der Waals surface area contributed by atoms with Gasteiger partial charge in [-0.3, -0.25) is 19.8 Å². The molecule has 3 aromatic heterocycles. The maximum atomic E-state index is 13.7. The summed E-state index contributed by atoms with van der Waals surface area (Å²) in [6.45, 7) is 8.89. The van der Waals surface area contributed by atoms with E-state index in [1.165, 1.54) is 0 Å². The largest absolute Gasteiger partial charge is 0.397 e. The highest BCUT2D eigenvalue weighted by atomic mass is 16.2. The van der Waals surface area contributed by atoms with E-state index in [4.69, 9.17) is 5.73 Å². The van der Waals surface area contributed by atoms with Crippen molar-refractivity contribution in [2.45, 2.75) is 40.2 Å². The molecule has 192 valence electrons. The van der Waals surface area contributed by atoms with Gasteiger partial charge in [-0.25, -0.2) is 4.68 Å². The van der Waals surface area contributed by atoms with Gasteiger partial charge in [-0.2, -0.15) is 5.10 Å². The van der Waals surface area contributed by atoms with Crippen molar-refractivity contribution in [3.8, 4) is 11.3 Å². The molecule has 1 amide bonds. The van der Waals surface area contributed by atoms with Crippen LogP contribution in [0.5, 0.6) is 0 Å². The normalized spacial score (nSPS) is 13.5. The molecule has 0 saturated carbocycles. The number of carbonyl (C=O) groups is 1. The first-order valence-electron chi connectivity index (χ1n) is 12.6. The summed E-state index contributed by atoms with van der Waals surface area (Å²) in [6, 6.07) is 11.1. The predicted molar refractivity (Wildman–Crippen MR) is 152 cm³/mol. The molecule has 8 nitrogen and oxygen atoms in total. The summed E-state index contributed by atoms with van der Waals surface area (Å²) >= 11 is 0. The summed E-state index contributed by atoms with van der Waals surface area (Å²) in [5.74, 6) is -0.151. The standard InChI is InChI=1S/C27H29N7O.C2H6/c1-3-33(20(2)19-29-17-14-21(28)22-11-6-8-15-30-22)27(35)26-25(23-12-7-9-16-31-23)24-13-5-4-10-18-34(24)32-26;1-2/h5-18,20H,3-4,19,28H2,1-2H3;1-2H3/b21-14-,29-17?;/t20-;/m0./s1. The molecule has 3 aromatic rings. The van der Waals surface area contributed by atoms with Crippen LogP contribution in [0.2, 0.25) is 0 Å². The van der Waals surface area contributed by atoms with Crippen molar-refractivity contribution in [3.05, 3.63) is 84.1 Å². The summed E-state index contributed by atoms with van der Waals surface area (Å²) in [7, 11) is 0. The summed E-state index contributed by atoms with van der Waals surface area (Å²) in [6.07, 6.45) is 15.6. The topological polar surface area (TPSA) is 102 Å². The smallest absolute Gasteiger partial charge is 0.275 e. The Morgan fingerprint density at radius 2 is 1.92 bits per heavy atom. The SMILES string of the molecule is CC.CCN(C(=O)c1nn2c(c1-c1ccccn1)C=CCC=C2)[C@@H](C)CN=C/C=C(\N)c1ccccn1. The van der Waals surface area contributed by atoms with Crippen molar-refractivity contribution in [1.29, 1.82) is 0 Å². The quantitative estimate of drug-likeness (QED) is 0.432. The average Bonchev–Trinajstić information content (AvgIpc) is 3.15. The second-order valence-electron chi connectivity index (χ2n) is 8.08. The third kappa shape index (κ3) is 6.67. The third-order valence-corrected chi connectivity index (χ3v) is 5.69. The van der Waals surface area contributed by atoms with Crippen LogP contribution in [0.3, 0.4) is 0 Å². The Balaban J connectivity index is 0.00000186. The fourth-order valence-corrected chi connectivity index (χ4v) is 3.91. The molecule has 1 aliphatic heterocycles. The van der Waals surface area contributed by atoms with Crippen LogP contribution in [0, 0.1) is 0 Å². The molecule has 2 N–H and O–H groups in total. The number of nitrogens with two attached hydrogens (primary N) is 1. The van der Waals surface area contributed by atoms with E-state index in [2.05, 4.69) is 26.1 Å². The molecule has 0 radical (unpaired) electrons. The summed E-state index contributed by atoms with van der Waals surface area (Å²) < 4.78 is 1.75. The number of nitrogens with zero attached hydrogens (tertiary/aromatic N) is 6. The Labute approximate surface area is 219 Å². The zero-order chi connectivity index (χ0) is 26.6. The molecule has 0 unspecified atom stereocenters. The fourth-order valence-electron chi connectivity index (χ4n) is 3.91. The van der Waals surface area contributed by atoms with Crippen molar-refractivity contribution >= 4 is 30.1 Å². The molecule has 1 aliphatic rings. The molecular formula is C29H35N7O. The molecule has 0 aromatic carbocycles. The number of amides is 1. The molecule has 0 spiro atoms. The van der Waals surface area contributed by atoms with Gasteiger partial charge in [0.1, 0.15) is 0 Å². The summed E-state index contributed by atoms with van der Waals surface area (Å²) in [5, 5.41) is 4.67. The minimum atomic E-state index is -0.151. The van der Waals surface area contributed by atoms with E-state index in [-0.39, 0.29) is 11.9 Å². The van der Waals surface area contributed by atoms with Gasteiger partial charge in [0, 0.05) is 37.4 Å². The van der Waals surface area contributed by atoms with Gasteiger partial charge < -0.3 is 10.6 Å². The molecule has 4 rings (SSSR count). The number of hydrogen-bond donors (Lipinski definition) is 1. The Kier molecular flexibility index (Phi) is 10.1. The lowest BCUT2D eigenvalue weighted by molar-refractivity contribution is 0.0704. The molecule has 0 fully saturated rings. The zero-order valence-corrected chi connectivity index (χ0v) is 22.0. The second kappa shape index (κ2) is 13.7. The van der Waals surface area contributed by atoms with Crippen LogP contribution in [-0.4, -0.2) is 55.9 Å². The van der Waals surface area contributed by atoms with E-state index < -0.39 is 0 Å². The van der Waals surface area contributed by atoms with Gasteiger partial charge in [0.2, 0.25) is 0 Å². The molecular weight excluding hydrogens is 462 g/mol. The maximum absolute atomic E-state index is 13.7. The van der Waals surface area contributed by atoms with Crippen LogP contribution < -0.4 is 5.73 Å². The van der Waals surface area contributed by atoms with Crippen LogP contribution in [0.25, 0.3) is 29.2 Å². The molecule has 0 bridgehead atoms. The highest BCUT2D eigenvalue weighted by Crippen LogP contribution is 2.30. The number of rotatable bonds is 8. The lowest BCUT2D eigenvalue weighted by atomic mass is 10.1. The molecule has 1 atom stereocenters. The van der Waals surface area contributed by atoms with Crippen molar-refractivity contribution in [2.75, 3.05) is 13.1 Å². The van der Waals surface area contributed by atoms with Gasteiger partial charge in [-0.15, -0.1) is 0 Å². The molecule has 37 heavy (non-hydrogen) atoms. The molecule has 4 heterocycles. The molecule has 0 saturated heterocycles. The second-order valence-corrected chi connectivity index (χ2v) is 8.08. The number of aromatic nitrogens is 4. The van der Waals surface area contributed by atoms with Crippen molar-refractivity contribution in [1.82, 2.24) is 24.6 Å². The summed E-state index contributed by atoms with van der Waals surface area (Å²) in [4.78, 5) is 28.7. The number of pyridine rings is 2. The Hall–Kier alpha value is -4.33. The average molecular weight is 498 g/mol. The maximum Gasteiger partial charge on any atom is 0.275 e. The van der Waals surface area contributed by atoms with Crippen molar-refractivity contribution < 1.29 is 4.79 Å². The van der Waals surface area contributed by atoms with Gasteiger partial charge in [-0.1, -0.05) is 38.1 Å². The number of likely N-dealkylation sites (N-methyl/N-ethyl adjacent to an activating group) is 1. The van der Waals surface area contributed by atoms with Gasteiger partial charge in [0.05, 0.1) is 34.9 Å². The zero-order valence-electron chi connectivity index (χ0n) is 22.0. The van der Waals surface area contributed by atoms with Gasteiger partial charge in [0.15, 0.2) is 5.69 Å². The van der Waals surface area contributed by atoms with E-state index in [1.807, 2.05) is 82.4 Å². The number of fused-ring (bicyclic) bond motifs is 1. The first kappa shape index (κ1) is 27.3. The molecule has 8 heteroatoms. The van der Waals surface area contributed by atoms with E-state index in [0.717, 1.165) is 17.7 Å². The number of allylic oxidation sites excluding steroid dienone is 3. The Morgan fingerprint density at radius 3 is 2.59 bits per heavy atom. The monoisotopic (exact) mass is 497 g/mol. The third-order valence-electron chi connectivity index (χ3n) is 5.69. The highest BCUT2D eigenvalue weighted by Gasteiger charge is 2.29. The number of carbonyl (C=O) groups excluding carboxylic acids is 1. The first-order valence-corrected chi connectivity index (χ1v) is 12.6. The van der Waals surface area contributed by atoms with E-state index in [9.17, 15) is 4.79 Å². The van der Waals surface area contributed by atoms with Crippen LogP contribution in [0.1, 0.15) is 56.0 Å². The number of aliphatic imine (C=N–C) groups is 1. The van der Waals surface area contributed by atoms with Crippen LogP contribution in [0.4, 0.5) is 0 Å². The van der Waals surface area contributed by atoms with Crippen molar-refractivity contribution in [2.24, 2.45) is 10.7 Å². The van der Waals surface area contributed by atoms with E-state index in [0.29, 0.717) is 35.9 Å². The van der Waals surface area contributed by atoms with E-state index >= 15 is 0 Å². The van der Waals surface area contributed by atoms with E-state index in [1.54, 1.807) is 34.3 Å². The lowest BCUT2D eigenvalue weighted by Crippen LogP contribution is -2.40. The minimum absolute atomic E-state index is 0.141. The van der Waals surface area contributed by atoms with Crippen LogP contribution >= 0.6 is 0 Å². The first-order chi connectivity index (χ1) is 18.1. The van der Waals surface area contributed by atoms with Gasteiger partial charge in [-0.05, 0) is 56.7 Å². The Morgan fingerprint density at radius 1 is 1.16 bits per heavy atom.